The molecular weight excluding hydrogens is 817 g/mol. The summed E-state index contributed by atoms with van der Waals surface area (Å²) in [5.74, 6) is 0. The monoisotopic (exact) mass is 856 g/mol. The van der Waals surface area contributed by atoms with Crippen molar-refractivity contribution in [2.45, 2.75) is 0 Å². The van der Waals surface area contributed by atoms with Gasteiger partial charge in [0.05, 0.1) is 0 Å². The van der Waals surface area contributed by atoms with Gasteiger partial charge in [0.2, 0.25) is 0 Å². The van der Waals surface area contributed by atoms with E-state index in [1.54, 1.807) is 0 Å². The average molecular weight is 857 g/mol. The first kappa shape index (κ1) is 37.4. The SMILES string of the molecule is c1ccc(C2=C3C(=C(c4ccccc4)c4cc5cc6c7ccccc7c7ccccc7c6cc5cc43)C(c3ccc4ccc5ccccc5c4c3)=C2c2ccc3ccc4ccccc4c3c2)cc1. The van der Waals surface area contributed by atoms with E-state index in [0.29, 0.717) is 0 Å². The van der Waals surface area contributed by atoms with Gasteiger partial charge in [0.15, 0.2) is 0 Å². The highest BCUT2D eigenvalue weighted by atomic mass is 14.4. The molecule has 13 aromatic rings. The highest BCUT2D eigenvalue weighted by molar-refractivity contribution is 6.40. The zero-order valence-corrected chi connectivity index (χ0v) is 37.1. The van der Waals surface area contributed by atoms with Crippen molar-refractivity contribution in [2.75, 3.05) is 0 Å². The molecule has 0 N–H and O–H groups in total. The Labute approximate surface area is 393 Å². The van der Waals surface area contributed by atoms with Crippen LogP contribution in [-0.4, -0.2) is 0 Å². The summed E-state index contributed by atoms with van der Waals surface area (Å²) in [7, 11) is 0. The molecule has 0 heterocycles. The standard InChI is InChI=1S/C68H40/c1-3-17-45(18-4-1)63-61-39-49-37-59-55-25-13-11-23-53(55)54-24-12-14-26-56(54)60(59)38-50(49)40-62(61)67-64(46-19-5-2-6-20-46)65(47-33-31-43-29-27-41-15-7-9-21-51(41)57(43)35-47)66(68(63)67)48-34-32-44-30-28-42-16-8-10-22-52(42)58(44)36-48/h1-40H. The molecule has 0 spiro atoms. The summed E-state index contributed by atoms with van der Waals surface area (Å²) >= 11 is 0. The fraction of sp³-hybridized carbons (Fsp3) is 0. The van der Waals surface area contributed by atoms with E-state index in [2.05, 4.69) is 243 Å². The van der Waals surface area contributed by atoms with Crippen LogP contribution in [-0.2, 0) is 0 Å². The predicted molar refractivity (Wildman–Crippen MR) is 292 cm³/mol. The molecule has 0 radical (unpaired) electrons. The molecule has 0 atom stereocenters. The third kappa shape index (κ3) is 5.37. The van der Waals surface area contributed by atoms with Crippen molar-refractivity contribution >= 4 is 114 Å². The highest BCUT2D eigenvalue weighted by Gasteiger charge is 2.40. The van der Waals surface area contributed by atoms with Gasteiger partial charge in [-0.1, -0.05) is 206 Å². The van der Waals surface area contributed by atoms with E-state index in [1.165, 1.54) is 153 Å². The molecular formula is C68H40. The molecule has 2 aliphatic rings. The molecule has 68 heavy (non-hydrogen) atoms. The van der Waals surface area contributed by atoms with Crippen molar-refractivity contribution in [1.29, 1.82) is 0 Å². The van der Waals surface area contributed by atoms with E-state index in [1.807, 2.05) is 0 Å². The number of benzene rings is 13. The lowest BCUT2D eigenvalue weighted by molar-refractivity contribution is 1.56. The van der Waals surface area contributed by atoms with Gasteiger partial charge < -0.3 is 0 Å². The van der Waals surface area contributed by atoms with E-state index in [9.17, 15) is 0 Å². The number of hydrogen-bond acceptors (Lipinski definition) is 0. The largest absolute Gasteiger partial charge is 0.0622 e. The summed E-state index contributed by atoms with van der Waals surface area (Å²) < 4.78 is 0. The summed E-state index contributed by atoms with van der Waals surface area (Å²) in [5, 5.41) is 20.3. The Hall–Kier alpha value is -8.84. The minimum Gasteiger partial charge on any atom is -0.0622 e. The third-order valence-corrected chi connectivity index (χ3v) is 15.1. The lowest BCUT2D eigenvalue weighted by Gasteiger charge is -2.18. The summed E-state index contributed by atoms with van der Waals surface area (Å²) in [5.41, 5.74) is 15.1. The van der Waals surface area contributed by atoms with Crippen LogP contribution < -0.4 is 0 Å². The molecule has 0 unspecified atom stereocenters. The maximum absolute atomic E-state index is 2.52. The quantitative estimate of drug-likeness (QED) is 0.122. The zero-order valence-electron chi connectivity index (χ0n) is 37.1. The lowest BCUT2D eigenvalue weighted by atomic mass is 9.84. The van der Waals surface area contributed by atoms with Crippen LogP contribution in [0.1, 0.15) is 33.4 Å². The molecule has 0 amide bonds. The van der Waals surface area contributed by atoms with Crippen molar-refractivity contribution in [3.05, 3.63) is 282 Å². The Morgan fingerprint density at radius 1 is 0.147 bits per heavy atom. The smallest absolute Gasteiger partial charge is 0.000137 e. The number of fused-ring (bicyclic) bond motifs is 16. The number of rotatable bonds is 4. The van der Waals surface area contributed by atoms with Crippen LogP contribution in [0, 0.1) is 0 Å². The first-order valence-electron chi connectivity index (χ1n) is 23.7. The maximum Gasteiger partial charge on any atom is -0.000137 e. The lowest BCUT2D eigenvalue weighted by Crippen LogP contribution is -1.96. The van der Waals surface area contributed by atoms with Crippen LogP contribution >= 0.6 is 0 Å². The molecule has 0 saturated heterocycles. The Morgan fingerprint density at radius 3 is 0.971 bits per heavy atom. The van der Waals surface area contributed by atoms with Crippen molar-refractivity contribution in [2.24, 2.45) is 0 Å². The first-order valence-corrected chi connectivity index (χ1v) is 23.7. The summed E-state index contributed by atoms with van der Waals surface area (Å²) in [6, 6.07) is 91.3. The van der Waals surface area contributed by atoms with Crippen molar-refractivity contribution in [1.82, 2.24) is 0 Å². The van der Waals surface area contributed by atoms with Gasteiger partial charge in [-0.15, -0.1) is 0 Å². The Kier molecular flexibility index (Phi) is 7.88. The highest BCUT2D eigenvalue weighted by Crippen LogP contribution is 2.62. The number of hydrogen-bond donors (Lipinski definition) is 0. The van der Waals surface area contributed by atoms with Gasteiger partial charge in [-0.25, -0.2) is 0 Å². The second-order valence-corrected chi connectivity index (χ2v) is 18.7. The second kappa shape index (κ2) is 14.3. The van der Waals surface area contributed by atoms with Gasteiger partial charge in [-0.2, -0.15) is 0 Å². The van der Waals surface area contributed by atoms with Crippen LogP contribution in [0.2, 0.25) is 0 Å². The minimum atomic E-state index is 1.21. The molecule has 13 aromatic carbocycles. The van der Waals surface area contributed by atoms with Crippen molar-refractivity contribution in [3.63, 3.8) is 0 Å². The summed E-state index contributed by atoms with van der Waals surface area (Å²) in [6.45, 7) is 0. The van der Waals surface area contributed by atoms with Crippen LogP contribution in [0.5, 0.6) is 0 Å². The maximum atomic E-state index is 2.52. The molecule has 0 heteroatoms. The first-order chi connectivity index (χ1) is 33.7. The van der Waals surface area contributed by atoms with Crippen LogP contribution in [0.25, 0.3) is 114 Å². The van der Waals surface area contributed by atoms with E-state index in [0.717, 1.165) is 0 Å². The van der Waals surface area contributed by atoms with Gasteiger partial charge in [0, 0.05) is 0 Å². The van der Waals surface area contributed by atoms with Gasteiger partial charge >= 0.3 is 0 Å². The Morgan fingerprint density at radius 2 is 0.485 bits per heavy atom. The Balaban J connectivity index is 1.11. The van der Waals surface area contributed by atoms with Crippen molar-refractivity contribution < 1.29 is 0 Å². The molecule has 0 bridgehead atoms. The molecule has 2 aliphatic carbocycles. The average Bonchev–Trinajstić information content (AvgIpc) is 3.92. The van der Waals surface area contributed by atoms with Crippen LogP contribution in [0.4, 0.5) is 0 Å². The third-order valence-electron chi connectivity index (χ3n) is 15.1. The fourth-order valence-electron chi connectivity index (χ4n) is 12.1. The van der Waals surface area contributed by atoms with E-state index >= 15 is 0 Å². The molecule has 15 rings (SSSR count). The molecule has 0 nitrogen and oxygen atoms in total. The molecule has 0 aliphatic heterocycles. The predicted octanol–water partition coefficient (Wildman–Crippen LogP) is 18.3. The minimum absolute atomic E-state index is 1.21. The van der Waals surface area contributed by atoms with Crippen LogP contribution in [0.15, 0.2) is 248 Å². The van der Waals surface area contributed by atoms with Gasteiger partial charge in [0.25, 0.3) is 0 Å². The topological polar surface area (TPSA) is 0 Å². The summed E-state index contributed by atoms with van der Waals surface area (Å²) in [4.78, 5) is 0. The Bertz CT molecular complexity index is 4450. The molecule has 0 saturated carbocycles. The molecule has 312 valence electrons. The normalized spacial score (nSPS) is 13.7. The van der Waals surface area contributed by atoms with Crippen molar-refractivity contribution in [3.8, 4) is 0 Å². The molecule has 0 fully saturated rings. The fourth-order valence-corrected chi connectivity index (χ4v) is 12.1. The summed E-state index contributed by atoms with van der Waals surface area (Å²) in [6.07, 6.45) is 0. The van der Waals surface area contributed by atoms with Gasteiger partial charge in [-0.3, -0.25) is 0 Å². The van der Waals surface area contributed by atoms with E-state index < -0.39 is 0 Å². The van der Waals surface area contributed by atoms with E-state index in [4.69, 9.17) is 0 Å². The number of allylic oxidation sites excluding steroid dienone is 5. The molecule has 0 aromatic heterocycles. The van der Waals surface area contributed by atoms with E-state index in [-0.39, 0.29) is 0 Å². The van der Waals surface area contributed by atoms with Gasteiger partial charge in [0.1, 0.15) is 0 Å². The zero-order chi connectivity index (χ0) is 44.5. The second-order valence-electron chi connectivity index (χ2n) is 18.7. The van der Waals surface area contributed by atoms with Crippen LogP contribution in [0.3, 0.4) is 0 Å². The van der Waals surface area contributed by atoms with Gasteiger partial charge in [-0.05, 0) is 189 Å².